The highest BCUT2D eigenvalue weighted by Gasteiger charge is 2.31. The van der Waals surface area contributed by atoms with Crippen LogP contribution in [0, 0.1) is 0 Å². The summed E-state index contributed by atoms with van der Waals surface area (Å²) in [5.74, 6) is 2.89. The van der Waals surface area contributed by atoms with Crippen LogP contribution in [0.2, 0.25) is 0 Å². The number of ether oxygens (including phenoxy) is 3. The van der Waals surface area contributed by atoms with Gasteiger partial charge >= 0.3 is 0 Å². The van der Waals surface area contributed by atoms with Crippen LogP contribution >= 0.6 is 11.8 Å². The number of benzene rings is 1. The fourth-order valence-corrected chi connectivity index (χ4v) is 5.43. The van der Waals surface area contributed by atoms with Crippen LogP contribution < -0.4 is 14.4 Å². The van der Waals surface area contributed by atoms with E-state index in [-0.39, 0.29) is 11.9 Å². The molecular formula is C22H29N5O4S. The molecule has 1 unspecified atom stereocenters. The molecular weight excluding hydrogens is 430 g/mol. The van der Waals surface area contributed by atoms with Crippen molar-refractivity contribution in [3.63, 3.8) is 0 Å². The number of hydrogen-bond acceptors (Lipinski definition) is 8. The molecule has 5 rings (SSSR count). The predicted octanol–water partition coefficient (Wildman–Crippen LogP) is 2.36. The molecule has 1 aromatic heterocycles. The van der Waals surface area contributed by atoms with Crippen LogP contribution in [0.15, 0.2) is 23.4 Å². The molecule has 2 saturated heterocycles. The van der Waals surface area contributed by atoms with Crippen molar-refractivity contribution in [3.05, 3.63) is 23.8 Å². The lowest BCUT2D eigenvalue weighted by Crippen LogP contribution is -2.38. The zero-order chi connectivity index (χ0) is 21.9. The van der Waals surface area contributed by atoms with Crippen LogP contribution in [0.3, 0.4) is 0 Å². The summed E-state index contributed by atoms with van der Waals surface area (Å²) in [6.45, 7) is 7.79. The highest BCUT2D eigenvalue weighted by Crippen LogP contribution is 2.38. The number of morpholine rings is 1. The van der Waals surface area contributed by atoms with E-state index in [1.54, 1.807) is 0 Å². The van der Waals surface area contributed by atoms with Gasteiger partial charge in [-0.05, 0) is 37.5 Å². The van der Waals surface area contributed by atoms with Gasteiger partial charge in [0.15, 0.2) is 16.7 Å². The minimum atomic E-state index is 0.0758. The van der Waals surface area contributed by atoms with Crippen LogP contribution in [0.25, 0.3) is 0 Å². The molecule has 0 N–H and O–H groups in total. The summed E-state index contributed by atoms with van der Waals surface area (Å²) in [7, 11) is 0. The van der Waals surface area contributed by atoms with Gasteiger partial charge in [0.1, 0.15) is 13.2 Å². The van der Waals surface area contributed by atoms with Gasteiger partial charge in [-0.25, -0.2) is 0 Å². The lowest BCUT2D eigenvalue weighted by molar-refractivity contribution is -0.129. The summed E-state index contributed by atoms with van der Waals surface area (Å²) >= 11 is 1.47. The number of nitrogens with zero attached hydrogens (tertiary/aromatic N) is 5. The molecule has 10 heteroatoms. The van der Waals surface area contributed by atoms with Gasteiger partial charge in [-0.3, -0.25) is 9.36 Å². The number of carbonyl (C=O) groups is 1. The first-order valence-electron chi connectivity index (χ1n) is 11.3. The van der Waals surface area contributed by atoms with Crippen molar-refractivity contribution in [2.75, 3.05) is 56.7 Å². The standard InChI is InChI=1S/C22H29N5O4S/c1-2-26-21(25-8-10-29-11-9-25)23-24-22(26)32-15-20(28)27-7-3-4-17(27)16-5-6-18-19(14-16)31-13-12-30-18/h5-6,14,17H,2-4,7-13,15H2,1H3. The van der Waals surface area contributed by atoms with Crippen molar-refractivity contribution in [1.82, 2.24) is 19.7 Å². The summed E-state index contributed by atoms with van der Waals surface area (Å²) in [6.07, 6.45) is 1.96. The second kappa shape index (κ2) is 9.58. The number of amides is 1. The molecule has 9 nitrogen and oxygen atoms in total. The van der Waals surface area contributed by atoms with Gasteiger partial charge in [0.2, 0.25) is 11.9 Å². The molecule has 0 radical (unpaired) electrons. The fourth-order valence-electron chi connectivity index (χ4n) is 4.55. The Morgan fingerprint density at radius 2 is 1.91 bits per heavy atom. The van der Waals surface area contributed by atoms with Gasteiger partial charge in [-0.2, -0.15) is 0 Å². The first-order valence-corrected chi connectivity index (χ1v) is 12.3. The summed E-state index contributed by atoms with van der Waals surface area (Å²) in [5.41, 5.74) is 1.11. The summed E-state index contributed by atoms with van der Waals surface area (Å²) in [4.78, 5) is 17.4. The van der Waals surface area contributed by atoms with Gasteiger partial charge in [0.25, 0.3) is 0 Å². The number of hydrogen-bond donors (Lipinski definition) is 0. The van der Waals surface area contributed by atoms with Crippen molar-refractivity contribution in [1.29, 1.82) is 0 Å². The molecule has 0 spiro atoms. The average molecular weight is 460 g/mol. The molecule has 0 aliphatic carbocycles. The summed E-state index contributed by atoms with van der Waals surface area (Å²) in [5, 5.41) is 9.57. The third-order valence-electron chi connectivity index (χ3n) is 6.16. The molecule has 1 aromatic carbocycles. The normalized spacial score (nSPS) is 20.6. The Morgan fingerprint density at radius 1 is 1.09 bits per heavy atom. The minimum absolute atomic E-state index is 0.0758. The Balaban J connectivity index is 1.25. The first kappa shape index (κ1) is 21.4. The van der Waals surface area contributed by atoms with Crippen molar-refractivity contribution >= 4 is 23.6 Å². The van der Waals surface area contributed by atoms with Gasteiger partial charge in [-0.1, -0.05) is 17.8 Å². The van der Waals surface area contributed by atoms with Gasteiger partial charge in [0, 0.05) is 26.2 Å². The fraction of sp³-hybridized carbons (Fsp3) is 0.591. The van der Waals surface area contributed by atoms with Crippen LogP contribution in [-0.4, -0.2) is 77.4 Å². The Morgan fingerprint density at radius 3 is 2.72 bits per heavy atom. The molecule has 3 aliphatic heterocycles. The van der Waals surface area contributed by atoms with Gasteiger partial charge in [-0.15, -0.1) is 10.2 Å². The molecule has 3 aliphatic rings. The molecule has 4 heterocycles. The highest BCUT2D eigenvalue weighted by molar-refractivity contribution is 7.99. The molecule has 172 valence electrons. The van der Waals surface area contributed by atoms with Crippen LogP contribution in [-0.2, 0) is 16.1 Å². The van der Waals surface area contributed by atoms with Gasteiger partial charge in [0.05, 0.1) is 25.0 Å². The monoisotopic (exact) mass is 459 g/mol. The van der Waals surface area contributed by atoms with E-state index in [1.807, 2.05) is 17.0 Å². The second-order valence-electron chi connectivity index (χ2n) is 8.06. The Hall–Kier alpha value is -2.46. The van der Waals surface area contributed by atoms with E-state index in [9.17, 15) is 4.79 Å². The number of thioether (sulfide) groups is 1. The summed E-state index contributed by atoms with van der Waals surface area (Å²) < 4.78 is 18.9. The maximum absolute atomic E-state index is 13.2. The molecule has 2 fully saturated rings. The number of anilines is 1. The average Bonchev–Trinajstić information content (AvgIpc) is 3.50. The van der Waals surface area contributed by atoms with Crippen LogP contribution in [0.5, 0.6) is 11.5 Å². The van der Waals surface area contributed by atoms with E-state index in [0.717, 1.165) is 67.2 Å². The molecule has 0 bridgehead atoms. The van der Waals surface area contributed by atoms with Gasteiger partial charge < -0.3 is 24.0 Å². The zero-order valence-electron chi connectivity index (χ0n) is 18.4. The molecule has 2 aromatic rings. The number of likely N-dealkylation sites (tertiary alicyclic amines) is 1. The molecule has 1 amide bonds. The van der Waals surface area contributed by atoms with Crippen molar-refractivity contribution < 1.29 is 19.0 Å². The molecule has 32 heavy (non-hydrogen) atoms. The maximum atomic E-state index is 13.2. The topological polar surface area (TPSA) is 82.0 Å². The highest BCUT2D eigenvalue weighted by atomic mass is 32.2. The molecule has 0 saturated carbocycles. The third kappa shape index (κ3) is 4.25. The summed E-state index contributed by atoms with van der Waals surface area (Å²) in [6, 6.07) is 6.11. The van der Waals surface area contributed by atoms with Crippen molar-refractivity contribution in [2.45, 2.75) is 37.5 Å². The van der Waals surface area contributed by atoms with E-state index >= 15 is 0 Å². The Bertz CT molecular complexity index is 962. The smallest absolute Gasteiger partial charge is 0.233 e. The van der Waals surface area contributed by atoms with Crippen molar-refractivity contribution in [2.24, 2.45) is 0 Å². The van der Waals surface area contributed by atoms with Crippen molar-refractivity contribution in [3.8, 4) is 11.5 Å². The lowest BCUT2D eigenvalue weighted by Gasteiger charge is -2.28. The third-order valence-corrected chi connectivity index (χ3v) is 7.11. The van der Waals surface area contributed by atoms with Crippen LogP contribution in [0.4, 0.5) is 5.95 Å². The van der Waals surface area contributed by atoms with E-state index in [0.29, 0.717) is 32.2 Å². The van der Waals surface area contributed by atoms with E-state index in [2.05, 4.69) is 32.7 Å². The maximum Gasteiger partial charge on any atom is 0.233 e. The van der Waals surface area contributed by atoms with E-state index in [4.69, 9.17) is 14.2 Å². The lowest BCUT2D eigenvalue weighted by atomic mass is 10.0. The largest absolute Gasteiger partial charge is 0.486 e. The number of rotatable bonds is 6. The Kier molecular flexibility index (Phi) is 6.40. The number of carbonyl (C=O) groups excluding carboxylic acids is 1. The number of aromatic nitrogens is 3. The minimum Gasteiger partial charge on any atom is -0.486 e. The molecule has 1 atom stereocenters. The zero-order valence-corrected chi connectivity index (χ0v) is 19.2. The SMILES string of the molecule is CCn1c(SCC(=O)N2CCCC2c2ccc3c(c2)OCCO3)nnc1N1CCOCC1. The Labute approximate surface area is 192 Å². The first-order chi connectivity index (χ1) is 15.7. The van der Waals surface area contributed by atoms with Crippen LogP contribution in [0.1, 0.15) is 31.4 Å². The number of fused-ring (bicyclic) bond motifs is 1. The predicted molar refractivity (Wildman–Crippen MR) is 121 cm³/mol. The second-order valence-corrected chi connectivity index (χ2v) is 9.01. The van der Waals surface area contributed by atoms with E-state index in [1.165, 1.54) is 11.8 Å². The van der Waals surface area contributed by atoms with E-state index < -0.39 is 0 Å². The quantitative estimate of drug-likeness (QED) is 0.609.